The zero-order chi connectivity index (χ0) is 43.1. The van der Waals surface area contributed by atoms with Crippen molar-refractivity contribution in [2.24, 2.45) is 0 Å². The van der Waals surface area contributed by atoms with E-state index in [1.165, 1.54) is 54.5 Å². The lowest BCUT2D eigenvalue weighted by Gasteiger charge is -2.37. The van der Waals surface area contributed by atoms with Crippen molar-refractivity contribution in [1.82, 2.24) is 30.6 Å². The van der Waals surface area contributed by atoms with Gasteiger partial charge in [-0.25, -0.2) is 23.2 Å². The van der Waals surface area contributed by atoms with E-state index in [2.05, 4.69) is 30.9 Å². The molecule has 2 atom stereocenters. The molecule has 4 aliphatic heterocycles. The van der Waals surface area contributed by atoms with E-state index in [0.29, 0.717) is 62.5 Å². The summed E-state index contributed by atoms with van der Waals surface area (Å²) in [5.41, 5.74) is 4.11. The van der Waals surface area contributed by atoms with Crippen LogP contribution in [0.2, 0.25) is 0 Å². The number of aromatic nitrogens is 2. The molecule has 3 N–H and O–H groups in total. The van der Waals surface area contributed by atoms with E-state index in [-0.39, 0.29) is 41.1 Å². The number of hydrogen-bond acceptors (Lipinski definition) is 12. The number of piperidine rings is 1. The van der Waals surface area contributed by atoms with Crippen molar-refractivity contribution in [1.29, 1.82) is 0 Å². The van der Waals surface area contributed by atoms with Crippen LogP contribution in [-0.4, -0.2) is 127 Å². The van der Waals surface area contributed by atoms with Gasteiger partial charge in [-0.3, -0.25) is 34.8 Å². The number of imide groups is 1. The fraction of sp³-hybridized carbons (Fsp3) is 0.500. The van der Waals surface area contributed by atoms with E-state index in [1.807, 2.05) is 4.90 Å². The number of amides is 4. The second kappa shape index (κ2) is 16.8. The third-order valence-corrected chi connectivity index (χ3v) is 11.4. The van der Waals surface area contributed by atoms with Gasteiger partial charge >= 0.3 is 5.92 Å². The highest BCUT2D eigenvalue weighted by Gasteiger charge is 2.48. The first kappa shape index (κ1) is 42.5. The van der Waals surface area contributed by atoms with Crippen molar-refractivity contribution in [3.63, 3.8) is 0 Å². The van der Waals surface area contributed by atoms with Crippen LogP contribution >= 0.6 is 0 Å². The molecule has 3 fully saturated rings. The molecule has 4 aliphatic rings. The molecule has 2 aromatic carbocycles. The average molecular weight is 843 g/mol. The largest absolute Gasteiger partial charge is 0.495 e. The molecule has 0 radical (unpaired) electrons. The van der Waals surface area contributed by atoms with Crippen molar-refractivity contribution in [2.75, 3.05) is 80.0 Å². The lowest BCUT2D eigenvalue weighted by atomic mass is 9.90. The summed E-state index contributed by atoms with van der Waals surface area (Å²) in [7, 11) is 2.60. The van der Waals surface area contributed by atoms with Crippen LogP contribution in [0.15, 0.2) is 42.6 Å². The topological polar surface area (TPSA) is 156 Å². The number of hydrazine groups is 1. The number of ether oxygens (including phenoxy) is 1. The number of alkyl halides is 4. The first-order valence-electron chi connectivity index (χ1n) is 19.7. The molecule has 20 heteroatoms. The summed E-state index contributed by atoms with van der Waals surface area (Å²) in [4.78, 5) is 64.6. The Balaban J connectivity index is 0.955. The van der Waals surface area contributed by atoms with Gasteiger partial charge < -0.3 is 24.8 Å². The number of rotatable bonds is 11. The van der Waals surface area contributed by atoms with Gasteiger partial charge in [0.25, 0.3) is 17.7 Å². The number of anilines is 5. The number of halogens is 5. The Morgan fingerprint density at radius 2 is 1.77 bits per heavy atom. The zero-order valence-corrected chi connectivity index (χ0v) is 33.6. The minimum Gasteiger partial charge on any atom is -0.495 e. The predicted molar refractivity (Wildman–Crippen MR) is 211 cm³/mol. The number of benzene rings is 2. The van der Waals surface area contributed by atoms with Crippen LogP contribution in [0, 0.1) is 5.82 Å². The van der Waals surface area contributed by atoms with Crippen molar-refractivity contribution in [3.8, 4) is 5.75 Å². The van der Waals surface area contributed by atoms with E-state index in [1.54, 1.807) is 26.0 Å². The second-order valence-corrected chi connectivity index (χ2v) is 15.8. The first-order chi connectivity index (χ1) is 28.4. The highest BCUT2D eigenvalue weighted by atomic mass is 19.3. The number of carbonyl (C=O) groups is 4. The number of hydrogen-bond donors (Lipinski definition) is 3. The molecule has 4 amide bonds. The van der Waals surface area contributed by atoms with Crippen LogP contribution in [0.4, 0.5) is 50.8 Å². The molecule has 0 saturated carbocycles. The molecule has 3 aromatic rings. The number of methoxy groups -OCH3 is 1. The Bertz CT molecular complexity index is 2150. The van der Waals surface area contributed by atoms with E-state index >= 15 is 4.39 Å². The van der Waals surface area contributed by atoms with Gasteiger partial charge in [-0.15, -0.1) is 0 Å². The van der Waals surface area contributed by atoms with Crippen molar-refractivity contribution in [2.45, 2.75) is 69.4 Å². The Labute approximate surface area is 343 Å². The van der Waals surface area contributed by atoms with Crippen LogP contribution in [0.3, 0.4) is 0 Å². The molecule has 60 heavy (non-hydrogen) atoms. The monoisotopic (exact) mass is 842 g/mol. The Morgan fingerprint density at radius 3 is 2.45 bits per heavy atom. The summed E-state index contributed by atoms with van der Waals surface area (Å²) in [6.07, 6.45) is 1.68. The van der Waals surface area contributed by atoms with Gasteiger partial charge in [0.2, 0.25) is 17.8 Å². The second-order valence-electron chi connectivity index (χ2n) is 15.8. The van der Waals surface area contributed by atoms with Crippen molar-refractivity contribution in [3.05, 3.63) is 59.5 Å². The number of nitrogens with zero attached hydrogens (tertiary/aromatic N) is 7. The van der Waals surface area contributed by atoms with Crippen LogP contribution in [0.1, 0.15) is 61.4 Å². The molecular formula is C40H47F5N10O5. The van der Waals surface area contributed by atoms with Gasteiger partial charge in [0, 0.05) is 63.7 Å². The average Bonchev–Trinajstić information content (AvgIpc) is 3.47. The maximum Gasteiger partial charge on any atom is 0.342 e. The van der Waals surface area contributed by atoms with Crippen molar-refractivity contribution < 1.29 is 45.9 Å². The van der Waals surface area contributed by atoms with Gasteiger partial charge in [-0.05, 0) is 69.1 Å². The molecule has 0 aliphatic carbocycles. The predicted octanol–water partition coefficient (Wildman–Crippen LogP) is 4.28. The summed E-state index contributed by atoms with van der Waals surface area (Å²) in [5.74, 6) is -10.2. The van der Waals surface area contributed by atoms with Gasteiger partial charge in [0.15, 0.2) is 5.82 Å². The highest BCUT2D eigenvalue weighted by molar-refractivity contribution is 6.02. The Kier molecular flexibility index (Phi) is 11.9. The van der Waals surface area contributed by atoms with Gasteiger partial charge in [-0.2, -0.15) is 13.8 Å². The molecule has 1 aromatic heterocycles. The molecule has 2 unspecified atom stereocenters. The third-order valence-electron chi connectivity index (χ3n) is 11.4. The van der Waals surface area contributed by atoms with Crippen LogP contribution in [0.25, 0.3) is 0 Å². The molecule has 5 heterocycles. The maximum atomic E-state index is 15.3. The number of carbonyl (C=O) groups excluding carboxylic acids is 4. The Hall–Kier alpha value is -5.63. The minimum absolute atomic E-state index is 0.0115. The number of piperazine rings is 1. The van der Waals surface area contributed by atoms with Crippen LogP contribution in [0.5, 0.6) is 5.75 Å². The third kappa shape index (κ3) is 8.93. The molecule has 322 valence electrons. The summed E-state index contributed by atoms with van der Waals surface area (Å²) in [5, 5.41) is 6.55. The number of nitrogens with one attached hydrogen (secondary N) is 3. The van der Waals surface area contributed by atoms with Gasteiger partial charge in [0.1, 0.15) is 17.3 Å². The molecular weight excluding hydrogens is 795 g/mol. The van der Waals surface area contributed by atoms with Gasteiger partial charge in [-0.1, -0.05) is 6.07 Å². The summed E-state index contributed by atoms with van der Waals surface area (Å²) < 4.78 is 79.9. The lowest BCUT2D eigenvalue weighted by Crippen LogP contribution is -2.49. The summed E-state index contributed by atoms with van der Waals surface area (Å²) in [6, 6.07) is 8.00. The zero-order valence-electron chi connectivity index (χ0n) is 33.6. The molecule has 7 rings (SSSR count). The fourth-order valence-corrected chi connectivity index (χ4v) is 8.10. The first-order valence-corrected chi connectivity index (χ1v) is 19.7. The summed E-state index contributed by atoms with van der Waals surface area (Å²) >= 11 is 0. The van der Waals surface area contributed by atoms with Gasteiger partial charge in [0.05, 0.1) is 43.7 Å². The van der Waals surface area contributed by atoms with E-state index in [9.17, 15) is 36.7 Å². The minimum atomic E-state index is -3.66. The normalized spacial score (nSPS) is 22.1. The van der Waals surface area contributed by atoms with Crippen LogP contribution < -0.4 is 35.5 Å². The van der Waals surface area contributed by atoms with E-state index in [0.717, 1.165) is 4.90 Å². The maximum absolute atomic E-state index is 15.3. The Morgan fingerprint density at radius 1 is 1.02 bits per heavy atom. The smallest absolute Gasteiger partial charge is 0.342 e. The molecule has 3 saturated heterocycles. The lowest BCUT2D eigenvalue weighted by molar-refractivity contribution is -0.140. The SMILES string of the molecule is COc1cc(C(=O)NN2CC(F)(F)CC2CCN2CCN(c3ccc(C4CCC(=O)NC4=O)cc3F)CC2)ccc1Nc1ncc2c(n1)N(C(C)C)CC(F)(F)C(=O)N2C. The fourth-order valence-electron chi connectivity index (χ4n) is 8.10. The standard InChI is InChI=1S/C40H47F5N10O5/c1-23(2)54-22-40(44,45)37(59)51(3)31-20-46-38(49-34(31)54)47-29-8-5-25(18-32(29)60-4)35(57)50-55-21-39(42,43)19-26(55)11-12-52-13-15-53(16-14-52)30-9-6-24(17-28(30)41)27-7-10-33(56)48-36(27)58/h5-6,8-9,17-18,20,23,26-27H,7,10-16,19,21-22H2,1-4H3,(H,50,57)(H,46,47,49)(H,48,56,58). The van der Waals surface area contributed by atoms with Crippen molar-refractivity contribution >= 4 is 52.5 Å². The van der Waals surface area contributed by atoms with E-state index in [4.69, 9.17) is 4.74 Å². The van der Waals surface area contributed by atoms with Crippen LogP contribution in [-0.2, 0) is 14.4 Å². The highest BCUT2D eigenvalue weighted by Crippen LogP contribution is 2.38. The number of fused-ring (bicyclic) bond motifs is 1. The molecule has 15 nitrogen and oxygen atoms in total. The quantitative estimate of drug-likeness (QED) is 0.187. The molecule has 0 spiro atoms. The van der Waals surface area contributed by atoms with E-state index < -0.39 is 72.9 Å². The molecule has 0 bridgehead atoms. The summed E-state index contributed by atoms with van der Waals surface area (Å²) in [6.45, 7) is 4.44.